The summed E-state index contributed by atoms with van der Waals surface area (Å²) in [5, 5.41) is 1.18. The van der Waals surface area contributed by atoms with Crippen LogP contribution in [0, 0.1) is 5.92 Å². The van der Waals surface area contributed by atoms with Gasteiger partial charge in [0, 0.05) is 25.3 Å². The van der Waals surface area contributed by atoms with Crippen molar-refractivity contribution in [1.29, 1.82) is 0 Å². The number of anilines is 1. The van der Waals surface area contributed by atoms with Crippen molar-refractivity contribution in [3.05, 3.63) is 22.3 Å². The predicted molar refractivity (Wildman–Crippen MR) is 68.2 cm³/mol. The Hall–Kier alpha value is -0.510. The molecule has 2 unspecified atom stereocenters. The lowest BCUT2D eigenvalue weighted by Crippen LogP contribution is -2.30. The number of rotatable bonds is 2. The van der Waals surface area contributed by atoms with Gasteiger partial charge in [0.1, 0.15) is 5.82 Å². The molecule has 2 rings (SSSR count). The molecule has 1 aliphatic heterocycles. The third-order valence-corrected chi connectivity index (χ3v) is 3.54. The standard InChI is InChI=1S/C11H15Cl2N3/c1-7(14)8-2-3-16(6-8)11-10(13)4-9(12)5-15-11/h4-5,7-8H,2-3,6,14H2,1H3. The molecule has 16 heavy (non-hydrogen) atoms. The minimum absolute atomic E-state index is 0.219. The van der Waals surface area contributed by atoms with Crippen molar-refractivity contribution in [2.75, 3.05) is 18.0 Å². The first-order chi connectivity index (χ1) is 7.58. The Bertz CT molecular complexity index is 381. The molecule has 0 amide bonds. The van der Waals surface area contributed by atoms with Crippen LogP contribution < -0.4 is 10.6 Å². The molecule has 1 fully saturated rings. The summed E-state index contributed by atoms with van der Waals surface area (Å²) in [6, 6.07) is 1.95. The third-order valence-electron chi connectivity index (χ3n) is 3.06. The number of pyridine rings is 1. The van der Waals surface area contributed by atoms with E-state index in [9.17, 15) is 0 Å². The van der Waals surface area contributed by atoms with Gasteiger partial charge >= 0.3 is 0 Å². The molecular weight excluding hydrogens is 245 g/mol. The van der Waals surface area contributed by atoms with Crippen molar-refractivity contribution >= 4 is 29.0 Å². The molecule has 0 spiro atoms. The maximum atomic E-state index is 6.12. The number of halogens is 2. The van der Waals surface area contributed by atoms with Gasteiger partial charge in [-0.15, -0.1) is 0 Å². The normalized spacial score (nSPS) is 22.5. The topological polar surface area (TPSA) is 42.1 Å². The van der Waals surface area contributed by atoms with Crippen LogP contribution in [0.25, 0.3) is 0 Å². The molecule has 1 saturated heterocycles. The summed E-state index contributed by atoms with van der Waals surface area (Å²) in [6.07, 6.45) is 2.72. The van der Waals surface area contributed by atoms with Crippen LogP contribution >= 0.6 is 23.2 Å². The van der Waals surface area contributed by atoms with E-state index in [0.717, 1.165) is 25.3 Å². The van der Waals surface area contributed by atoms with E-state index in [-0.39, 0.29) is 6.04 Å². The van der Waals surface area contributed by atoms with Crippen molar-refractivity contribution in [2.45, 2.75) is 19.4 Å². The van der Waals surface area contributed by atoms with Gasteiger partial charge in [0.05, 0.1) is 10.0 Å². The highest BCUT2D eigenvalue weighted by molar-refractivity contribution is 6.36. The van der Waals surface area contributed by atoms with Gasteiger partial charge in [-0.05, 0) is 25.3 Å². The van der Waals surface area contributed by atoms with Gasteiger partial charge in [-0.1, -0.05) is 23.2 Å². The lowest BCUT2D eigenvalue weighted by atomic mass is 10.0. The summed E-state index contributed by atoms with van der Waals surface area (Å²) in [4.78, 5) is 6.45. The van der Waals surface area contributed by atoms with E-state index in [4.69, 9.17) is 28.9 Å². The van der Waals surface area contributed by atoms with Crippen molar-refractivity contribution in [3.8, 4) is 0 Å². The minimum atomic E-state index is 0.219. The average Bonchev–Trinajstić information content (AvgIpc) is 2.66. The van der Waals surface area contributed by atoms with E-state index in [1.165, 1.54) is 0 Å². The van der Waals surface area contributed by atoms with E-state index in [0.29, 0.717) is 16.0 Å². The number of aromatic nitrogens is 1. The van der Waals surface area contributed by atoms with Gasteiger partial charge in [-0.3, -0.25) is 0 Å². The number of nitrogens with two attached hydrogens (primary N) is 1. The SMILES string of the molecule is CC(N)C1CCN(c2ncc(Cl)cc2Cl)C1. The second-order valence-electron chi connectivity index (χ2n) is 4.31. The molecule has 5 heteroatoms. The van der Waals surface area contributed by atoms with E-state index in [2.05, 4.69) is 9.88 Å². The van der Waals surface area contributed by atoms with Crippen LogP contribution in [0.15, 0.2) is 12.3 Å². The highest BCUT2D eigenvalue weighted by atomic mass is 35.5. The first-order valence-electron chi connectivity index (χ1n) is 5.39. The molecule has 0 radical (unpaired) electrons. The summed E-state index contributed by atoms with van der Waals surface area (Å²) >= 11 is 11.9. The van der Waals surface area contributed by atoms with Crippen molar-refractivity contribution in [1.82, 2.24) is 4.98 Å². The Balaban J connectivity index is 2.14. The van der Waals surface area contributed by atoms with Crippen LogP contribution in [0.1, 0.15) is 13.3 Å². The van der Waals surface area contributed by atoms with E-state index in [1.807, 2.05) is 6.92 Å². The van der Waals surface area contributed by atoms with Crippen LogP contribution in [0.4, 0.5) is 5.82 Å². The Morgan fingerprint density at radius 1 is 1.56 bits per heavy atom. The zero-order valence-electron chi connectivity index (χ0n) is 9.16. The molecule has 1 aromatic rings. The summed E-state index contributed by atoms with van der Waals surface area (Å²) in [5.41, 5.74) is 5.90. The van der Waals surface area contributed by atoms with Crippen LogP contribution in [0.5, 0.6) is 0 Å². The molecule has 0 aromatic carbocycles. The Labute approximate surface area is 106 Å². The summed E-state index contributed by atoms with van der Waals surface area (Å²) in [5.74, 6) is 1.34. The largest absolute Gasteiger partial charge is 0.355 e. The van der Waals surface area contributed by atoms with Crippen LogP contribution in [-0.4, -0.2) is 24.1 Å². The lowest BCUT2D eigenvalue weighted by molar-refractivity contribution is 0.488. The number of hydrogen-bond acceptors (Lipinski definition) is 3. The first-order valence-corrected chi connectivity index (χ1v) is 6.15. The first kappa shape index (κ1) is 12.0. The Morgan fingerprint density at radius 3 is 2.88 bits per heavy atom. The summed E-state index contributed by atoms with van der Waals surface area (Å²) in [7, 11) is 0. The smallest absolute Gasteiger partial charge is 0.147 e. The van der Waals surface area contributed by atoms with Crippen LogP contribution in [0.2, 0.25) is 10.0 Å². The summed E-state index contributed by atoms with van der Waals surface area (Å²) < 4.78 is 0. The number of nitrogens with zero attached hydrogens (tertiary/aromatic N) is 2. The zero-order chi connectivity index (χ0) is 11.7. The van der Waals surface area contributed by atoms with Gasteiger partial charge < -0.3 is 10.6 Å². The maximum absolute atomic E-state index is 6.12. The fraction of sp³-hybridized carbons (Fsp3) is 0.545. The van der Waals surface area contributed by atoms with Crippen molar-refractivity contribution in [2.24, 2.45) is 11.7 Å². The summed E-state index contributed by atoms with van der Waals surface area (Å²) in [6.45, 7) is 3.93. The second kappa shape index (κ2) is 4.78. The molecule has 88 valence electrons. The van der Waals surface area contributed by atoms with E-state index < -0.39 is 0 Å². The number of hydrogen-bond donors (Lipinski definition) is 1. The van der Waals surface area contributed by atoms with Crippen LogP contribution in [0.3, 0.4) is 0 Å². The second-order valence-corrected chi connectivity index (χ2v) is 5.16. The highest BCUT2D eigenvalue weighted by Gasteiger charge is 2.27. The van der Waals surface area contributed by atoms with Gasteiger partial charge in [0.2, 0.25) is 0 Å². The average molecular weight is 260 g/mol. The molecule has 2 heterocycles. The Morgan fingerprint density at radius 2 is 2.31 bits per heavy atom. The molecule has 1 aromatic heterocycles. The van der Waals surface area contributed by atoms with Gasteiger partial charge in [0.25, 0.3) is 0 Å². The fourth-order valence-electron chi connectivity index (χ4n) is 2.05. The monoisotopic (exact) mass is 259 g/mol. The molecule has 0 saturated carbocycles. The molecule has 2 N–H and O–H groups in total. The minimum Gasteiger partial charge on any atom is -0.355 e. The predicted octanol–water partition coefficient (Wildman–Crippen LogP) is 2.56. The van der Waals surface area contributed by atoms with Crippen molar-refractivity contribution in [3.63, 3.8) is 0 Å². The van der Waals surface area contributed by atoms with Crippen molar-refractivity contribution < 1.29 is 0 Å². The van der Waals surface area contributed by atoms with E-state index in [1.54, 1.807) is 12.3 Å². The van der Waals surface area contributed by atoms with E-state index >= 15 is 0 Å². The molecule has 0 bridgehead atoms. The van der Waals surface area contributed by atoms with Gasteiger partial charge in [-0.2, -0.15) is 0 Å². The third kappa shape index (κ3) is 2.42. The lowest BCUT2D eigenvalue weighted by Gasteiger charge is -2.19. The van der Waals surface area contributed by atoms with Crippen LogP contribution in [-0.2, 0) is 0 Å². The molecule has 0 aliphatic carbocycles. The fourth-order valence-corrected chi connectivity index (χ4v) is 2.55. The molecule has 3 nitrogen and oxygen atoms in total. The maximum Gasteiger partial charge on any atom is 0.147 e. The zero-order valence-corrected chi connectivity index (χ0v) is 10.7. The molecule has 1 aliphatic rings. The van der Waals surface area contributed by atoms with Gasteiger partial charge in [-0.25, -0.2) is 4.98 Å². The van der Waals surface area contributed by atoms with Gasteiger partial charge in [0.15, 0.2) is 0 Å². The Kier molecular flexibility index (Phi) is 3.57. The quantitative estimate of drug-likeness (QED) is 0.888. The molecular formula is C11H15Cl2N3. The highest BCUT2D eigenvalue weighted by Crippen LogP contribution is 2.30. The molecule has 2 atom stereocenters.